The molecule has 1 aliphatic rings. The Morgan fingerprint density at radius 2 is 1.96 bits per heavy atom. The maximum absolute atomic E-state index is 12.5. The highest BCUT2D eigenvalue weighted by molar-refractivity contribution is 5.92. The molecule has 3 rings (SSSR count). The second kappa shape index (κ2) is 8.37. The first-order valence-electron chi connectivity index (χ1n) is 8.61. The third kappa shape index (κ3) is 5.11. The van der Waals surface area contributed by atoms with Crippen LogP contribution < -0.4 is 5.32 Å². The Morgan fingerprint density at radius 1 is 1.16 bits per heavy atom. The molecule has 1 heterocycles. The molecule has 0 bridgehead atoms. The molecule has 1 fully saturated rings. The van der Waals surface area contributed by atoms with Gasteiger partial charge in [0.05, 0.1) is 6.20 Å². The van der Waals surface area contributed by atoms with Gasteiger partial charge in [-0.05, 0) is 24.8 Å². The van der Waals surface area contributed by atoms with Gasteiger partial charge in [-0.15, -0.1) is 0 Å². The van der Waals surface area contributed by atoms with Crippen molar-refractivity contribution in [2.24, 2.45) is 0 Å². The normalized spacial score (nSPS) is 13.3. The summed E-state index contributed by atoms with van der Waals surface area (Å²) in [5, 5.41) is 2.92. The number of hydrogen-bond donors (Lipinski definition) is 1. The molecule has 0 spiro atoms. The number of hydrogen-bond acceptors (Lipinski definition) is 4. The molecule has 2 amide bonds. The number of nitrogens with one attached hydrogen (secondary N) is 1. The summed E-state index contributed by atoms with van der Waals surface area (Å²) in [6.07, 6.45) is 7.60. The first kappa shape index (κ1) is 17.1. The second-order valence-electron chi connectivity index (χ2n) is 6.16. The molecule has 6 nitrogen and oxygen atoms in total. The maximum Gasteiger partial charge on any atom is 0.274 e. The van der Waals surface area contributed by atoms with Gasteiger partial charge in [0.2, 0.25) is 5.91 Å². The summed E-state index contributed by atoms with van der Waals surface area (Å²) in [5.74, 6) is -0.179. The predicted octanol–water partition coefficient (Wildman–Crippen LogP) is 1.83. The molecular formula is C19H22N4O2. The van der Waals surface area contributed by atoms with Crippen molar-refractivity contribution in [2.45, 2.75) is 31.7 Å². The van der Waals surface area contributed by atoms with Gasteiger partial charge in [0, 0.05) is 37.9 Å². The van der Waals surface area contributed by atoms with Crippen molar-refractivity contribution in [1.29, 1.82) is 0 Å². The Labute approximate surface area is 147 Å². The van der Waals surface area contributed by atoms with Crippen LogP contribution in [-0.2, 0) is 11.2 Å². The van der Waals surface area contributed by atoms with Crippen LogP contribution in [-0.4, -0.2) is 45.8 Å². The average Bonchev–Trinajstić information content (AvgIpc) is 3.48. The van der Waals surface area contributed by atoms with Crippen LogP contribution in [0.2, 0.25) is 0 Å². The SMILES string of the molecule is O=C(CCN(C(=O)c1cnccn1)C1CC1)NCCc1ccccc1. The number of rotatable bonds is 8. The predicted molar refractivity (Wildman–Crippen MR) is 93.9 cm³/mol. The zero-order valence-corrected chi connectivity index (χ0v) is 14.1. The van der Waals surface area contributed by atoms with Crippen LogP contribution in [0.3, 0.4) is 0 Å². The molecule has 1 saturated carbocycles. The number of amides is 2. The van der Waals surface area contributed by atoms with Gasteiger partial charge in [-0.2, -0.15) is 0 Å². The van der Waals surface area contributed by atoms with E-state index in [0.717, 1.165) is 19.3 Å². The van der Waals surface area contributed by atoms with Crippen LogP contribution in [0.4, 0.5) is 0 Å². The van der Waals surface area contributed by atoms with E-state index < -0.39 is 0 Å². The summed E-state index contributed by atoms with van der Waals surface area (Å²) < 4.78 is 0. The van der Waals surface area contributed by atoms with Crippen LogP contribution in [0.25, 0.3) is 0 Å². The number of carbonyl (C=O) groups is 2. The fourth-order valence-electron chi connectivity index (χ4n) is 2.69. The summed E-state index contributed by atoms with van der Waals surface area (Å²) in [7, 11) is 0. The van der Waals surface area contributed by atoms with E-state index in [1.54, 1.807) is 11.1 Å². The van der Waals surface area contributed by atoms with Gasteiger partial charge in [-0.25, -0.2) is 4.98 Å². The molecule has 1 N–H and O–H groups in total. The summed E-state index contributed by atoms with van der Waals surface area (Å²) >= 11 is 0. The Bertz CT molecular complexity index is 702. The van der Waals surface area contributed by atoms with Crippen molar-refractivity contribution in [3.05, 3.63) is 60.2 Å². The van der Waals surface area contributed by atoms with Crippen molar-refractivity contribution < 1.29 is 9.59 Å². The van der Waals surface area contributed by atoms with E-state index in [2.05, 4.69) is 15.3 Å². The van der Waals surface area contributed by atoms with E-state index in [1.165, 1.54) is 18.0 Å². The minimum atomic E-state index is -0.146. The Balaban J connectivity index is 1.45. The lowest BCUT2D eigenvalue weighted by molar-refractivity contribution is -0.121. The molecule has 2 aromatic rings. The third-order valence-corrected chi connectivity index (χ3v) is 4.19. The van der Waals surface area contributed by atoms with E-state index in [9.17, 15) is 9.59 Å². The van der Waals surface area contributed by atoms with Crippen molar-refractivity contribution in [3.8, 4) is 0 Å². The zero-order chi connectivity index (χ0) is 17.5. The first-order valence-corrected chi connectivity index (χ1v) is 8.61. The summed E-state index contributed by atoms with van der Waals surface area (Å²) in [4.78, 5) is 34.4. The van der Waals surface area contributed by atoms with Crippen LogP contribution in [0, 0.1) is 0 Å². The van der Waals surface area contributed by atoms with E-state index in [4.69, 9.17) is 0 Å². The quantitative estimate of drug-likeness (QED) is 0.797. The number of benzene rings is 1. The maximum atomic E-state index is 12.5. The fraction of sp³-hybridized carbons (Fsp3) is 0.368. The molecule has 1 aromatic carbocycles. The summed E-state index contributed by atoms with van der Waals surface area (Å²) in [6, 6.07) is 10.3. The Morgan fingerprint density at radius 3 is 2.64 bits per heavy atom. The minimum Gasteiger partial charge on any atom is -0.356 e. The molecule has 1 aromatic heterocycles. The lowest BCUT2D eigenvalue weighted by atomic mass is 10.1. The molecular weight excluding hydrogens is 316 g/mol. The topological polar surface area (TPSA) is 75.2 Å². The molecule has 1 aliphatic carbocycles. The van der Waals surface area contributed by atoms with E-state index in [1.807, 2.05) is 30.3 Å². The molecule has 6 heteroatoms. The fourth-order valence-corrected chi connectivity index (χ4v) is 2.69. The van der Waals surface area contributed by atoms with Crippen LogP contribution >= 0.6 is 0 Å². The van der Waals surface area contributed by atoms with Gasteiger partial charge in [-0.3, -0.25) is 14.6 Å². The van der Waals surface area contributed by atoms with Gasteiger partial charge in [-0.1, -0.05) is 30.3 Å². The first-order chi connectivity index (χ1) is 12.2. The minimum absolute atomic E-state index is 0.0338. The molecule has 0 atom stereocenters. The lowest BCUT2D eigenvalue weighted by Gasteiger charge is -2.21. The van der Waals surface area contributed by atoms with Gasteiger partial charge in [0.15, 0.2) is 0 Å². The Hall–Kier alpha value is -2.76. The second-order valence-corrected chi connectivity index (χ2v) is 6.16. The highest BCUT2D eigenvalue weighted by Gasteiger charge is 2.33. The van der Waals surface area contributed by atoms with Crippen LogP contribution in [0.1, 0.15) is 35.3 Å². The average molecular weight is 338 g/mol. The monoisotopic (exact) mass is 338 g/mol. The third-order valence-electron chi connectivity index (χ3n) is 4.19. The highest BCUT2D eigenvalue weighted by Crippen LogP contribution is 2.28. The van der Waals surface area contributed by atoms with Crippen molar-refractivity contribution >= 4 is 11.8 Å². The number of aromatic nitrogens is 2. The van der Waals surface area contributed by atoms with Gasteiger partial charge in [0.25, 0.3) is 5.91 Å². The van der Waals surface area contributed by atoms with Gasteiger partial charge < -0.3 is 10.2 Å². The molecule has 0 aliphatic heterocycles. The molecule has 0 unspecified atom stereocenters. The zero-order valence-electron chi connectivity index (χ0n) is 14.1. The van der Waals surface area contributed by atoms with Crippen LogP contribution in [0.15, 0.2) is 48.9 Å². The van der Waals surface area contributed by atoms with Crippen molar-refractivity contribution in [2.75, 3.05) is 13.1 Å². The van der Waals surface area contributed by atoms with E-state index >= 15 is 0 Å². The highest BCUT2D eigenvalue weighted by atomic mass is 16.2. The van der Waals surface area contributed by atoms with Gasteiger partial charge >= 0.3 is 0 Å². The lowest BCUT2D eigenvalue weighted by Crippen LogP contribution is -2.37. The van der Waals surface area contributed by atoms with Crippen molar-refractivity contribution in [3.63, 3.8) is 0 Å². The van der Waals surface area contributed by atoms with E-state index in [0.29, 0.717) is 25.2 Å². The molecule has 0 radical (unpaired) electrons. The van der Waals surface area contributed by atoms with Crippen LogP contribution in [0.5, 0.6) is 0 Å². The number of carbonyl (C=O) groups excluding carboxylic acids is 2. The van der Waals surface area contributed by atoms with Crippen molar-refractivity contribution in [1.82, 2.24) is 20.2 Å². The largest absolute Gasteiger partial charge is 0.356 e. The molecule has 0 saturated heterocycles. The van der Waals surface area contributed by atoms with Gasteiger partial charge in [0.1, 0.15) is 5.69 Å². The standard InChI is InChI=1S/C19H22N4O2/c24-18(22-10-8-15-4-2-1-3-5-15)9-13-23(16-6-7-16)19(25)17-14-20-11-12-21-17/h1-5,11-12,14,16H,6-10,13H2,(H,22,24). The Kier molecular flexibility index (Phi) is 5.72. The molecule has 130 valence electrons. The van der Waals surface area contributed by atoms with E-state index in [-0.39, 0.29) is 17.9 Å². The molecule has 25 heavy (non-hydrogen) atoms. The smallest absolute Gasteiger partial charge is 0.274 e. The summed E-state index contributed by atoms with van der Waals surface area (Å²) in [5.41, 5.74) is 1.53. The number of nitrogens with zero attached hydrogens (tertiary/aromatic N) is 3. The summed E-state index contributed by atoms with van der Waals surface area (Å²) in [6.45, 7) is 1.02.